The predicted octanol–water partition coefficient (Wildman–Crippen LogP) is 6.95. The molecule has 0 spiro atoms. The lowest BCUT2D eigenvalue weighted by molar-refractivity contribution is 0.0235. The number of aromatic nitrogens is 3. The molecule has 1 aliphatic carbocycles. The Morgan fingerprint density at radius 2 is 1.77 bits per heavy atom. The Bertz CT molecular complexity index is 1710. The van der Waals surface area contributed by atoms with E-state index in [4.69, 9.17) is 14.2 Å². The fourth-order valence-corrected chi connectivity index (χ4v) is 8.15. The van der Waals surface area contributed by atoms with Gasteiger partial charge in [-0.1, -0.05) is 26.8 Å². The summed E-state index contributed by atoms with van der Waals surface area (Å²) in [7, 11) is -0.0729. The van der Waals surface area contributed by atoms with E-state index in [-0.39, 0.29) is 22.2 Å². The van der Waals surface area contributed by atoms with Crippen molar-refractivity contribution in [1.29, 1.82) is 0 Å². The fourth-order valence-electron chi connectivity index (χ4n) is 6.52. The summed E-state index contributed by atoms with van der Waals surface area (Å²) in [4.78, 5) is 26.1. The van der Waals surface area contributed by atoms with E-state index in [9.17, 15) is 4.79 Å². The lowest BCUT2D eigenvalue weighted by atomic mass is 9.93. The Kier molecular flexibility index (Phi) is 8.28. The van der Waals surface area contributed by atoms with Crippen LogP contribution in [0.4, 0.5) is 11.5 Å². The largest absolute Gasteiger partial charge is 0.487 e. The van der Waals surface area contributed by atoms with Crippen LogP contribution in [-0.4, -0.2) is 70.9 Å². The number of hydrogen-bond acceptors (Lipinski definition) is 8. The first-order valence-corrected chi connectivity index (χ1v) is 20.0. The molecule has 1 saturated carbocycles. The number of benzene rings is 1. The average molecular weight is 660 g/mol. The summed E-state index contributed by atoms with van der Waals surface area (Å²) < 4.78 is 17.6. The van der Waals surface area contributed by atoms with E-state index in [2.05, 4.69) is 93.5 Å². The minimum Gasteiger partial charge on any atom is -0.487 e. The maximum Gasteiger partial charge on any atom is 0.278 e. The van der Waals surface area contributed by atoms with Crippen molar-refractivity contribution in [2.75, 3.05) is 30.8 Å². The number of ether oxygens (including phenoxy) is 1. The van der Waals surface area contributed by atoms with Crippen molar-refractivity contribution < 1.29 is 9.16 Å². The third kappa shape index (κ3) is 6.06. The van der Waals surface area contributed by atoms with Gasteiger partial charge in [0, 0.05) is 37.2 Å². The highest BCUT2D eigenvalue weighted by Crippen LogP contribution is 2.55. The van der Waals surface area contributed by atoms with Crippen molar-refractivity contribution in [1.82, 2.24) is 19.2 Å². The summed E-state index contributed by atoms with van der Waals surface area (Å²) in [5.74, 6) is 1.14. The summed E-state index contributed by atoms with van der Waals surface area (Å²) >= 11 is 0. The molecule has 11 heteroatoms. The lowest BCUT2D eigenvalue weighted by Crippen LogP contribution is -2.62. The van der Waals surface area contributed by atoms with Crippen LogP contribution in [0.15, 0.2) is 52.4 Å². The number of anilines is 2. The molecule has 6 rings (SSSR count). The van der Waals surface area contributed by atoms with Gasteiger partial charge in [-0.15, -0.1) is 0 Å². The maximum atomic E-state index is 13.9. The zero-order chi connectivity index (χ0) is 34.0. The number of aliphatic imine (C=N–C) groups is 1. The van der Waals surface area contributed by atoms with Crippen LogP contribution >= 0.6 is 0 Å². The number of nitrogens with one attached hydrogen (secondary N) is 2. The SMILES string of the molecule is Cc1cc(NC2(C3(O[Si](C)(C)C(C)(C)C)CC3)N=Cc3c(n(-c4ccccn4)n(C(C)C)c3=O)N2)ccc1OC1(C)CCN(C)CC1. The van der Waals surface area contributed by atoms with Crippen LogP contribution in [-0.2, 0) is 4.43 Å². The second kappa shape index (κ2) is 11.6. The molecule has 10 nitrogen and oxygen atoms in total. The molecule has 4 heterocycles. The highest BCUT2D eigenvalue weighted by molar-refractivity contribution is 6.74. The second-order valence-corrected chi connectivity index (χ2v) is 20.6. The van der Waals surface area contributed by atoms with Crippen molar-refractivity contribution >= 4 is 26.0 Å². The Morgan fingerprint density at radius 1 is 1.06 bits per heavy atom. The van der Waals surface area contributed by atoms with E-state index in [0.29, 0.717) is 17.2 Å². The van der Waals surface area contributed by atoms with Gasteiger partial charge in [0.1, 0.15) is 28.3 Å². The van der Waals surface area contributed by atoms with Crippen LogP contribution in [0.5, 0.6) is 5.75 Å². The van der Waals surface area contributed by atoms with E-state index in [1.54, 1.807) is 17.1 Å². The fraction of sp³-hybridized carbons (Fsp3) is 0.583. The Hall–Kier alpha value is -3.41. The van der Waals surface area contributed by atoms with Gasteiger partial charge in [0.2, 0.25) is 5.79 Å². The van der Waals surface area contributed by atoms with Crippen LogP contribution in [0.3, 0.4) is 0 Å². The molecule has 0 bridgehead atoms. The molecule has 2 aromatic heterocycles. The minimum absolute atomic E-state index is 0.00393. The van der Waals surface area contributed by atoms with E-state index in [0.717, 1.165) is 55.8 Å². The summed E-state index contributed by atoms with van der Waals surface area (Å²) in [5, 5.41) is 7.60. The molecule has 0 radical (unpaired) electrons. The first kappa shape index (κ1) is 33.5. The number of hydrogen-bond donors (Lipinski definition) is 2. The number of nitrogens with zero attached hydrogens (tertiary/aromatic N) is 5. The lowest BCUT2D eigenvalue weighted by Gasteiger charge is -2.47. The summed E-state index contributed by atoms with van der Waals surface area (Å²) in [5.41, 5.74) is 1.54. The second-order valence-electron chi connectivity index (χ2n) is 15.9. The van der Waals surface area contributed by atoms with Crippen molar-refractivity contribution in [3.63, 3.8) is 0 Å². The van der Waals surface area contributed by atoms with Gasteiger partial charge < -0.3 is 24.7 Å². The highest BCUT2D eigenvalue weighted by atomic mass is 28.4. The first-order chi connectivity index (χ1) is 22.0. The van der Waals surface area contributed by atoms with Crippen LogP contribution in [0.2, 0.25) is 18.1 Å². The van der Waals surface area contributed by atoms with E-state index in [1.807, 2.05) is 36.7 Å². The summed E-state index contributed by atoms with van der Waals surface area (Å²) in [6.07, 6.45) is 7.14. The van der Waals surface area contributed by atoms with Gasteiger partial charge in [-0.2, -0.15) is 0 Å². The van der Waals surface area contributed by atoms with Gasteiger partial charge in [-0.25, -0.2) is 19.3 Å². The molecule has 1 atom stereocenters. The third-order valence-electron chi connectivity index (χ3n) is 10.7. The van der Waals surface area contributed by atoms with E-state index < -0.39 is 19.7 Å². The Balaban J connectivity index is 1.42. The Labute approximate surface area is 280 Å². The third-order valence-corrected chi connectivity index (χ3v) is 15.2. The molecule has 2 fully saturated rings. The first-order valence-electron chi connectivity index (χ1n) is 17.1. The molecule has 0 amide bonds. The quantitative estimate of drug-likeness (QED) is 0.240. The Morgan fingerprint density at radius 3 is 2.34 bits per heavy atom. The predicted molar refractivity (Wildman–Crippen MR) is 193 cm³/mol. The zero-order valence-corrected chi connectivity index (χ0v) is 30.9. The van der Waals surface area contributed by atoms with Crippen LogP contribution < -0.4 is 20.9 Å². The number of piperidine rings is 1. The number of pyridine rings is 1. The number of fused-ring (bicyclic) bond motifs is 1. The van der Waals surface area contributed by atoms with Gasteiger partial charge in [-0.3, -0.25) is 4.79 Å². The summed E-state index contributed by atoms with van der Waals surface area (Å²) in [6.45, 7) is 21.8. The highest BCUT2D eigenvalue weighted by Gasteiger charge is 2.66. The molecule has 47 heavy (non-hydrogen) atoms. The molecule has 1 unspecified atom stereocenters. The van der Waals surface area contributed by atoms with E-state index in [1.165, 1.54) is 0 Å². The number of rotatable bonds is 9. The van der Waals surface area contributed by atoms with Gasteiger partial charge in [0.05, 0.1) is 0 Å². The van der Waals surface area contributed by atoms with Crippen molar-refractivity contribution in [2.24, 2.45) is 4.99 Å². The number of likely N-dealkylation sites (tertiary alicyclic amines) is 1. The molecule has 2 N–H and O–H groups in total. The van der Waals surface area contributed by atoms with Crippen LogP contribution in [0, 0.1) is 6.92 Å². The van der Waals surface area contributed by atoms with Crippen LogP contribution in [0.1, 0.15) is 84.4 Å². The van der Waals surface area contributed by atoms with E-state index >= 15 is 0 Å². The normalized spacial score (nSPS) is 22.1. The zero-order valence-electron chi connectivity index (χ0n) is 29.9. The average Bonchev–Trinajstić information content (AvgIpc) is 3.72. The molecule has 1 saturated heterocycles. The van der Waals surface area contributed by atoms with Crippen LogP contribution in [0.25, 0.3) is 5.82 Å². The van der Waals surface area contributed by atoms with Gasteiger partial charge in [0.25, 0.3) is 5.56 Å². The van der Waals surface area contributed by atoms with Gasteiger partial charge in [-0.05, 0) is 114 Å². The van der Waals surface area contributed by atoms with Gasteiger partial charge >= 0.3 is 0 Å². The smallest absolute Gasteiger partial charge is 0.278 e. The van der Waals surface area contributed by atoms with Crippen molar-refractivity contribution in [3.8, 4) is 11.6 Å². The molecular weight excluding hydrogens is 607 g/mol. The molecule has 3 aliphatic rings. The van der Waals surface area contributed by atoms with Crippen molar-refractivity contribution in [3.05, 3.63) is 64.1 Å². The van der Waals surface area contributed by atoms with Crippen molar-refractivity contribution in [2.45, 2.75) is 115 Å². The molecular formula is C36H53N7O3Si. The molecule has 2 aliphatic heterocycles. The topological polar surface area (TPSA) is 97.9 Å². The summed E-state index contributed by atoms with van der Waals surface area (Å²) in [6, 6.07) is 11.9. The monoisotopic (exact) mass is 659 g/mol. The molecule has 3 aromatic rings. The van der Waals surface area contributed by atoms with Gasteiger partial charge in [0.15, 0.2) is 14.1 Å². The number of aryl methyl sites for hydroxylation is 1. The molecule has 1 aromatic carbocycles. The standard InChI is InChI=1S/C36H53N7O3Si/c1-25(2)42-32(44)28-24-38-36(35(16-17-35)46-47(9,10)33(4,5)6,40-31(28)43(42)30-13-11-12-20-37-30)39-27-14-15-29(26(3)23-27)45-34(7)18-21-41(8)22-19-34/h11-15,20,23-25,39-40H,16-19,21-22H2,1-10H3. The maximum absolute atomic E-state index is 13.9. The minimum atomic E-state index is -2.24. The molecule has 254 valence electrons.